The van der Waals surface area contributed by atoms with Gasteiger partial charge in [-0.25, -0.2) is 4.79 Å². The highest BCUT2D eigenvalue weighted by atomic mass is 16.4. The summed E-state index contributed by atoms with van der Waals surface area (Å²) in [5.74, 6) is -0.820. The van der Waals surface area contributed by atoms with Crippen LogP contribution in [0.2, 0.25) is 0 Å². The molecule has 0 spiro atoms. The number of rotatable bonds is 10. The van der Waals surface area contributed by atoms with E-state index in [4.69, 9.17) is 5.11 Å². The molecule has 0 saturated carbocycles. The number of unbranched alkanes of at least 4 members (excludes halogenated alkanes) is 4. The number of anilines is 1. The molecular weight excluding hydrogens is 428 g/mol. The Morgan fingerprint density at radius 1 is 1.06 bits per heavy atom. The Bertz CT molecular complexity index is 1080. The molecule has 0 aliphatic carbocycles. The lowest BCUT2D eigenvalue weighted by atomic mass is 9.76. The third kappa shape index (κ3) is 5.93. The molecule has 0 atom stereocenters. The maximum Gasteiger partial charge on any atom is 0.335 e. The molecule has 0 aromatic heterocycles. The lowest BCUT2D eigenvalue weighted by molar-refractivity contribution is -0.120. The van der Waals surface area contributed by atoms with Crippen molar-refractivity contribution in [2.24, 2.45) is 5.16 Å². The molecule has 0 bridgehead atoms. The number of hydrogen-bond donors (Lipinski definition) is 2. The molecule has 0 saturated heterocycles. The molecular formula is C28H34N2O4. The van der Waals surface area contributed by atoms with E-state index in [1.165, 1.54) is 31.4 Å². The SMILES string of the molecule is CCCCCCCN1C(=O)CC(C)(C)c2cc(C(/C=C/c3ccc(C(=O)O)cc3)=N/O)ccc21. The number of amides is 1. The lowest BCUT2D eigenvalue weighted by Crippen LogP contribution is -2.42. The second-order valence-electron chi connectivity index (χ2n) is 9.50. The zero-order chi connectivity index (χ0) is 24.7. The summed E-state index contributed by atoms with van der Waals surface area (Å²) in [5.41, 5.74) is 3.84. The molecule has 0 radical (unpaired) electrons. The molecule has 2 N–H and O–H groups in total. The second kappa shape index (κ2) is 11.1. The number of fused-ring (bicyclic) bond motifs is 1. The summed E-state index contributed by atoms with van der Waals surface area (Å²) in [6.07, 6.45) is 9.63. The summed E-state index contributed by atoms with van der Waals surface area (Å²) in [6, 6.07) is 12.3. The topological polar surface area (TPSA) is 90.2 Å². The average Bonchev–Trinajstić information content (AvgIpc) is 2.81. The minimum Gasteiger partial charge on any atom is -0.478 e. The molecule has 1 amide bonds. The van der Waals surface area contributed by atoms with Gasteiger partial charge in [-0.15, -0.1) is 0 Å². The van der Waals surface area contributed by atoms with E-state index in [2.05, 4.69) is 25.9 Å². The monoisotopic (exact) mass is 462 g/mol. The summed E-state index contributed by atoms with van der Waals surface area (Å²) >= 11 is 0. The summed E-state index contributed by atoms with van der Waals surface area (Å²) in [4.78, 5) is 25.8. The van der Waals surface area contributed by atoms with Gasteiger partial charge >= 0.3 is 5.97 Å². The van der Waals surface area contributed by atoms with Crippen LogP contribution in [0.1, 0.15) is 86.3 Å². The van der Waals surface area contributed by atoms with E-state index < -0.39 is 5.97 Å². The Hall–Kier alpha value is -3.41. The fraction of sp³-hybridized carbons (Fsp3) is 0.393. The van der Waals surface area contributed by atoms with Crippen LogP contribution in [0.3, 0.4) is 0 Å². The van der Waals surface area contributed by atoms with Crippen molar-refractivity contribution in [1.82, 2.24) is 0 Å². The van der Waals surface area contributed by atoms with Crippen LogP contribution in [0.15, 0.2) is 53.7 Å². The normalized spacial score (nSPS) is 15.6. The maximum absolute atomic E-state index is 12.9. The molecule has 6 heteroatoms. The number of carbonyl (C=O) groups excluding carboxylic acids is 1. The van der Waals surface area contributed by atoms with E-state index in [9.17, 15) is 14.8 Å². The van der Waals surface area contributed by atoms with E-state index in [0.717, 1.165) is 41.8 Å². The molecule has 3 rings (SSSR count). The number of allylic oxidation sites excluding steroid dienone is 1. The van der Waals surface area contributed by atoms with Crippen molar-refractivity contribution in [1.29, 1.82) is 0 Å². The van der Waals surface area contributed by atoms with Gasteiger partial charge in [0.2, 0.25) is 5.91 Å². The Balaban J connectivity index is 1.83. The summed E-state index contributed by atoms with van der Waals surface area (Å²) < 4.78 is 0. The van der Waals surface area contributed by atoms with Gasteiger partial charge in [0.25, 0.3) is 0 Å². The Kier molecular flexibility index (Phi) is 8.26. The average molecular weight is 463 g/mol. The summed E-state index contributed by atoms with van der Waals surface area (Å²) in [5, 5.41) is 22.2. The van der Waals surface area contributed by atoms with Crippen LogP contribution in [-0.4, -0.2) is 34.4 Å². The molecule has 0 fully saturated rings. The van der Waals surface area contributed by atoms with Crippen molar-refractivity contribution in [3.8, 4) is 0 Å². The molecule has 2 aromatic rings. The fourth-order valence-corrected chi connectivity index (χ4v) is 4.39. The van der Waals surface area contributed by atoms with Crippen molar-refractivity contribution in [3.05, 3.63) is 70.8 Å². The van der Waals surface area contributed by atoms with Crippen LogP contribution < -0.4 is 4.90 Å². The Labute approximate surface area is 201 Å². The van der Waals surface area contributed by atoms with Gasteiger partial charge in [-0.3, -0.25) is 4.79 Å². The predicted molar refractivity (Wildman–Crippen MR) is 136 cm³/mol. The number of nitrogens with zero attached hydrogens (tertiary/aromatic N) is 2. The third-order valence-corrected chi connectivity index (χ3v) is 6.39. The van der Waals surface area contributed by atoms with Crippen LogP contribution in [-0.2, 0) is 10.2 Å². The quantitative estimate of drug-likeness (QED) is 0.189. The van der Waals surface area contributed by atoms with Gasteiger partial charge in [0, 0.05) is 29.6 Å². The van der Waals surface area contributed by atoms with Crippen molar-refractivity contribution < 1.29 is 19.9 Å². The van der Waals surface area contributed by atoms with Gasteiger partial charge in [0.1, 0.15) is 5.71 Å². The number of carbonyl (C=O) groups is 2. The Morgan fingerprint density at radius 3 is 2.38 bits per heavy atom. The first kappa shape index (κ1) is 25.2. The van der Waals surface area contributed by atoms with Gasteiger partial charge in [0.05, 0.1) is 5.56 Å². The minimum atomic E-state index is -0.974. The van der Waals surface area contributed by atoms with Crippen LogP contribution in [0.25, 0.3) is 6.08 Å². The number of carboxylic acid groups (broad SMARTS) is 1. The van der Waals surface area contributed by atoms with Gasteiger partial charge < -0.3 is 15.2 Å². The first-order valence-corrected chi connectivity index (χ1v) is 12.0. The fourth-order valence-electron chi connectivity index (χ4n) is 4.39. The molecule has 34 heavy (non-hydrogen) atoms. The molecule has 6 nitrogen and oxygen atoms in total. The highest BCUT2D eigenvalue weighted by Gasteiger charge is 2.36. The standard InChI is InChI=1S/C28H34N2O4/c1-4-5-6-7-8-17-30-25-16-14-22(18-23(25)28(2,3)19-26(30)31)24(29-34)15-11-20-9-12-21(13-10-20)27(32)33/h9-16,18,34H,4-8,17,19H2,1-3H3,(H,32,33)/b15-11+,29-24+. The van der Waals surface area contributed by atoms with Gasteiger partial charge in [-0.2, -0.15) is 0 Å². The van der Waals surface area contributed by atoms with Crippen LogP contribution in [0, 0.1) is 0 Å². The molecule has 0 unspecified atom stereocenters. The molecule has 1 aliphatic heterocycles. The number of oxime groups is 1. The van der Waals surface area contributed by atoms with E-state index in [1.54, 1.807) is 24.3 Å². The smallest absolute Gasteiger partial charge is 0.335 e. The van der Waals surface area contributed by atoms with Gasteiger partial charge in [0.15, 0.2) is 0 Å². The molecule has 180 valence electrons. The zero-order valence-electron chi connectivity index (χ0n) is 20.3. The largest absolute Gasteiger partial charge is 0.478 e. The number of hydrogen-bond acceptors (Lipinski definition) is 4. The second-order valence-corrected chi connectivity index (χ2v) is 9.50. The van der Waals surface area contributed by atoms with Crippen molar-refractivity contribution >= 4 is 29.4 Å². The van der Waals surface area contributed by atoms with Crippen LogP contribution in [0.4, 0.5) is 5.69 Å². The Morgan fingerprint density at radius 2 is 1.74 bits per heavy atom. The highest BCUT2D eigenvalue weighted by molar-refractivity contribution is 6.11. The van der Waals surface area contributed by atoms with Crippen molar-refractivity contribution in [2.75, 3.05) is 11.4 Å². The predicted octanol–water partition coefficient (Wildman–Crippen LogP) is 6.26. The lowest BCUT2D eigenvalue weighted by Gasteiger charge is -2.39. The van der Waals surface area contributed by atoms with Crippen LogP contribution in [0.5, 0.6) is 0 Å². The van der Waals surface area contributed by atoms with Crippen molar-refractivity contribution in [3.63, 3.8) is 0 Å². The third-order valence-electron chi connectivity index (χ3n) is 6.39. The number of aromatic carboxylic acids is 1. The van der Waals surface area contributed by atoms with E-state index >= 15 is 0 Å². The van der Waals surface area contributed by atoms with E-state index in [1.807, 2.05) is 23.1 Å². The van der Waals surface area contributed by atoms with Crippen molar-refractivity contribution in [2.45, 2.75) is 64.7 Å². The van der Waals surface area contributed by atoms with E-state index in [0.29, 0.717) is 12.1 Å². The summed E-state index contributed by atoms with van der Waals surface area (Å²) in [7, 11) is 0. The van der Waals surface area contributed by atoms with Gasteiger partial charge in [-0.1, -0.05) is 75.9 Å². The maximum atomic E-state index is 12.9. The molecule has 2 aromatic carbocycles. The van der Waals surface area contributed by atoms with Gasteiger partial charge in [-0.05, 0) is 47.9 Å². The molecule has 1 aliphatic rings. The van der Waals surface area contributed by atoms with Crippen LogP contribution >= 0.6 is 0 Å². The zero-order valence-corrected chi connectivity index (χ0v) is 20.3. The first-order chi connectivity index (χ1) is 16.3. The minimum absolute atomic E-state index is 0.154. The summed E-state index contributed by atoms with van der Waals surface area (Å²) in [6.45, 7) is 7.06. The molecule has 1 heterocycles. The highest BCUT2D eigenvalue weighted by Crippen LogP contribution is 2.41. The number of benzene rings is 2. The number of carboxylic acids is 1. The first-order valence-electron chi connectivity index (χ1n) is 12.0. The van der Waals surface area contributed by atoms with E-state index in [-0.39, 0.29) is 16.9 Å².